The van der Waals surface area contributed by atoms with E-state index in [-0.39, 0.29) is 25.7 Å². The van der Waals surface area contributed by atoms with Crippen LogP contribution in [-0.2, 0) is 65.4 Å². The first-order valence-corrected chi connectivity index (χ1v) is 39.3. The molecule has 0 rings (SSSR count). The Kier molecular flexibility index (Phi) is 58.5. The Bertz CT molecular complexity index is 1770. The van der Waals surface area contributed by atoms with Gasteiger partial charge in [-0.1, -0.05) is 293 Å². The maximum atomic E-state index is 13.0. The van der Waals surface area contributed by atoms with Crippen molar-refractivity contribution in [3.05, 3.63) is 0 Å². The fraction of sp³-hybridized carbons (Fsp3) is 0.943. The Morgan fingerprint density at radius 1 is 0.315 bits per heavy atom. The van der Waals surface area contributed by atoms with Gasteiger partial charge in [-0.3, -0.25) is 37.3 Å². The van der Waals surface area contributed by atoms with Gasteiger partial charge in [0.2, 0.25) is 0 Å². The molecule has 3 N–H and O–H groups in total. The lowest BCUT2D eigenvalue weighted by atomic mass is 9.99. The van der Waals surface area contributed by atoms with Crippen LogP contribution in [0.25, 0.3) is 0 Å². The molecule has 0 saturated heterocycles. The third-order valence-corrected chi connectivity index (χ3v) is 18.7. The quantitative estimate of drug-likeness (QED) is 0.0222. The molecule has 4 unspecified atom stereocenters. The number of aliphatic hydroxyl groups excluding tert-OH is 1. The summed E-state index contributed by atoms with van der Waals surface area (Å²) in [4.78, 5) is 72.5. The van der Waals surface area contributed by atoms with E-state index in [1.807, 2.05) is 0 Å². The number of carbonyl (C=O) groups is 4. The third-order valence-electron chi connectivity index (χ3n) is 16.8. The summed E-state index contributed by atoms with van der Waals surface area (Å²) in [6, 6.07) is 0. The second kappa shape index (κ2) is 59.8. The molecule has 0 aromatic rings. The molecule has 0 aromatic heterocycles. The molecule has 0 fully saturated rings. The van der Waals surface area contributed by atoms with Gasteiger partial charge in [0.25, 0.3) is 0 Å². The number of phosphoric ester groups is 2. The van der Waals surface area contributed by atoms with Crippen LogP contribution in [0.2, 0.25) is 0 Å². The van der Waals surface area contributed by atoms with E-state index in [0.717, 1.165) is 120 Å². The molecule has 0 amide bonds. The van der Waals surface area contributed by atoms with E-state index in [9.17, 15) is 43.2 Å². The van der Waals surface area contributed by atoms with Crippen molar-refractivity contribution in [2.24, 2.45) is 23.7 Å². The number of rotatable bonds is 67. The molecule has 0 spiro atoms. The molecule has 0 bridgehead atoms. The number of hydrogen-bond donors (Lipinski definition) is 3. The fourth-order valence-electron chi connectivity index (χ4n) is 10.4. The molecule has 17 nitrogen and oxygen atoms in total. The molecule has 0 heterocycles. The average Bonchev–Trinajstić information content (AvgIpc) is 3.69. The van der Waals surface area contributed by atoms with E-state index < -0.39 is 97.5 Å². The Morgan fingerprint density at radius 2 is 0.539 bits per heavy atom. The molecule has 0 aromatic carbocycles. The topological polar surface area (TPSA) is 237 Å². The molecular formula is C70H136O17P2. The van der Waals surface area contributed by atoms with Crippen LogP contribution in [0.15, 0.2) is 0 Å². The Hall–Kier alpha value is -1.94. The Morgan fingerprint density at radius 3 is 0.798 bits per heavy atom. The van der Waals surface area contributed by atoms with Gasteiger partial charge in [0.1, 0.15) is 19.3 Å². The number of esters is 4. The summed E-state index contributed by atoms with van der Waals surface area (Å²) in [5, 5.41) is 10.6. The monoisotopic (exact) mass is 1310 g/mol. The highest BCUT2D eigenvalue weighted by atomic mass is 31.2. The summed E-state index contributed by atoms with van der Waals surface area (Å²) >= 11 is 0. The molecule has 0 radical (unpaired) electrons. The summed E-state index contributed by atoms with van der Waals surface area (Å²) < 4.78 is 68.3. The predicted octanol–water partition coefficient (Wildman–Crippen LogP) is 19.7. The Labute approximate surface area is 543 Å². The zero-order valence-corrected chi connectivity index (χ0v) is 59.8. The van der Waals surface area contributed by atoms with E-state index in [0.29, 0.717) is 31.6 Å². The number of unbranched alkanes of at least 4 members (excludes halogenated alkanes) is 31. The van der Waals surface area contributed by atoms with Crippen LogP contribution < -0.4 is 0 Å². The first kappa shape index (κ1) is 87.1. The van der Waals surface area contributed by atoms with Crippen LogP contribution in [0.5, 0.6) is 0 Å². The van der Waals surface area contributed by atoms with Crippen LogP contribution >= 0.6 is 15.6 Å². The molecule has 0 saturated carbocycles. The van der Waals surface area contributed by atoms with Gasteiger partial charge in [0.05, 0.1) is 26.4 Å². The van der Waals surface area contributed by atoms with Crippen molar-refractivity contribution in [3.8, 4) is 0 Å². The highest BCUT2D eigenvalue weighted by molar-refractivity contribution is 7.47. The second-order valence-corrected chi connectivity index (χ2v) is 29.6. The highest BCUT2D eigenvalue weighted by Crippen LogP contribution is 2.45. The van der Waals surface area contributed by atoms with Crippen LogP contribution in [0, 0.1) is 23.7 Å². The number of phosphoric acid groups is 2. The number of hydrogen-bond acceptors (Lipinski definition) is 15. The average molecular weight is 1310 g/mol. The van der Waals surface area contributed by atoms with E-state index in [2.05, 4.69) is 55.4 Å². The lowest BCUT2D eigenvalue weighted by Gasteiger charge is -2.21. The summed E-state index contributed by atoms with van der Waals surface area (Å²) in [5.74, 6) is 0.868. The summed E-state index contributed by atoms with van der Waals surface area (Å²) in [5.41, 5.74) is 0. The zero-order valence-electron chi connectivity index (χ0n) is 58.1. The molecule has 89 heavy (non-hydrogen) atoms. The molecule has 0 aliphatic rings. The predicted molar refractivity (Wildman–Crippen MR) is 358 cm³/mol. The molecule has 7 atom stereocenters. The number of aliphatic hydroxyl groups is 1. The van der Waals surface area contributed by atoms with E-state index in [1.165, 1.54) is 135 Å². The minimum Gasteiger partial charge on any atom is -0.462 e. The molecule has 0 aliphatic heterocycles. The second-order valence-electron chi connectivity index (χ2n) is 26.7. The van der Waals surface area contributed by atoms with Crippen LogP contribution in [0.1, 0.15) is 344 Å². The standard InChI is InChI=1S/C70H136O17P2/c1-9-62(7)48-40-32-24-19-20-26-37-45-53-70(75)87-65(56-80-67(72)50-42-34-27-21-23-31-39-47-61(5)6)58-84-88(76,77)82-54-64(71)55-83-89(78,79)85-59-66(57-81-68(73)51-43-35-29-28-33-41-49-63(8)10-2)86-69(74)52-44-36-25-18-16-14-12-11-13-15-17-22-30-38-46-60(3)4/h60-66,71H,9-59H2,1-8H3,(H,76,77)(H,78,79)/t62?,63?,64-,65-,66-/m1/s1. The van der Waals surface area contributed by atoms with Crippen LogP contribution in [0.4, 0.5) is 0 Å². The highest BCUT2D eigenvalue weighted by Gasteiger charge is 2.30. The summed E-state index contributed by atoms with van der Waals surface area (Å²) in [7, 11) is -9.90. The first-order chi connectivity index (χ1) is 42.7. The van der Waals surface area contributed by atoms with Crippen LogP contribution in [-0.4, -0.2) is 96.7 Å². The normalized spacial score (nSPS) is 14.9. The smallest absolute Gasteiger partial charge is 0.462 e. The van der Waals surface area contributed by atoms with Crippen molar-refractivity contribution in [2.45, 2.75) is 363 Å². The number of carbonyl (C=O) groups excluding carboxylic acids is 4. The van der Waals surface area contributed by atoms with Gasteiger partial charge >= 0.3 is 39.5 Å². The zero-order chi connectivity index (χ0) is 66.1. The van der Waals surface area contributed by atoms with Crippen molar-refractivity contribution < 1.29 is 80.2 Å². The Balaban J connectivity index is 5.24. The maximum Gasteiger partial charge on any atom is 0.472 e. The lowest BCUT2D eigenvalue weighted by Crippen LogP contribution is -2.30. The van der Waals surface area contributed by atoms with Crippen molar-refractivity contribution in [3.63, 3.8) is 0 Å². The van der Waals surface area contributed by atoms with Gasteiger partial charge in [0, 0.05) is 25.7 Å². The van der Waals surface area contributed by atoms with Crippen molar-refractivity contribution in [1.29, 1.82) is 0 Å². The van der Waals surface area contributed by atoms with Crippen LogP contribution in [0.3, 0.4) is 0 Å². The number of ether oxygens (including phenoxy) is 4. The minimum absolute atomic E-state index is 0.104. The molecular weight excluding hydrogens is 1170 g/mol. The van der Waals surface area contributed by atoms with Crippen molar-refractivity contribution in [1.82, 2.24) is 0 Å². The molecule has 528 valence electrons. The van der Waals surface area contributed by atoms with E-state index in [4.69, 9.17) is 37.0 Å². The fourth-order valence-corrected chi connectivity index (χ4v) is 12.0. The maximum absolute atomic E-state index is 13.0. The largest absolute Gasteiger partial charge is 0.472 e. The molecule has 19 heteroatoms. The van der Waals surface area contributed by atoms with Gasteiger partial charge in [0.15, 0.2) is 12.2 Å². The summed E-state index contributed by atoms with van der Waals surface area (Å²) in [6.07, 6.45) is 41.7. The minimum atomic E-state index is -4.95. The van der Waals surface area contributed by atoms with Gasteiger partial charge in [-0.05, 0) is 49.4 Å². The molecule has 0 aliphatic carbocycles. The third kappa shape index (κ3) is 62.0. The van der Waals surface area contributed by atoms with Crippen molar-refractivity contribution >= 4 is 39.5 Å². The van der Waals surface area contributed by atoms with Gasteiger partial charge in [-0.2, -0.15) is 0 Å². The van der Waals surface area contributed by atoms with E-state index >= 15 is 0 Å². The SMILES string of the molecule is CCC(C)CCCCCCCCCCC(=O)O[C@H](COC(=O)CCCCCCCCCC(C)C)COP(=O)(O)OC[C@@H](O)COP(=O)(O)OC[C@@H](COC(=O)CCCCCCCCC(C)CC)OC(=O)CCCCCCCCCCCCCCCCC(C)C. The summed E-state index contributed by atoms with van der Waals surface area (Å²) in [6.45, 7) is 14.1. The lowest BCUT2D eigenvalue weighted by molar-refractivity contribution is -0.161. The van der Waals surface area contributed by atoms with Gasteiger partial charge in [-0.15, -0.1) is 0 Å². The van der Waals surface area contributed by atoms with Gasteiger partial charge < -0.3 is 33.8 Å². The van der Waals surface area contributed by atoms with Crippen molar-refractivity contribution in [2.75, 3.05) is 39.6 Å². The van der Waals surface area contributed by atoms with E-state index in [1.54, 1.807) is 0 Å². The van der Waals surface area contributed by atoms with Gasteiger partial charge in [-0.25, -0.2) is 9.13 Å². The first-order valence-electron chi connectivity index (χ1n) is 36.3.